The highest BCUT2D eigenvalue weighted by molar-refractivity contribution is 5.83. The molecule has 1 aromatic carbocycles. The third kappa shape index (κ3) is 8.79. The summed E-state index contributed by atoms with van der Waals surface area (Å²) in [7, 11) is 1.95. The van der Waals surface area contributed by atoms with Gasteiger partial charge in [0.05, 0.1) is 11.1 Å². The predicted molar refractivity (Wildman–Crippen MR) is 164 cm³/mol. The van der Waals surface area contributed by atoms with Crippen LogP contribution in [0.3, 0.4) is 0 Å². The number of hydrogen-bond acceptors (Lipinski definition) is 7. The van der Waals surface area contributed by atoms with Gasteiger partial charge in [0, 0.05) is 43.9 Å². The second-order valence-electron chi connectivity index (χ2n) is 12.9. The molecule has 2 aromatic rings. The fourth-order valence-corrected chi connectivity index (χ4v) is 5.24. The molecule has 9 nitrogen and oxygen atoms in total. The van der Waals surface area contributed by atoms with Gasteiger partial charge in [-0.3, -0.25) is 4.79 Å². The molecular formula is C32H51N5O4. The third-order valence-electron chi connectivity index (χ3n) is 7.35. The van der Waals surface area contributed by atoms with Crippen LogP contribution < -0.4 is 10.1 Å². The van der Waals surface area contributed by atoms with E-state index in [2.05, 4.69) is 35.3 Å². The van der Waals surface area contributed by atoms with Crippen molar-refractivity contribution in [3.05, 3.63) is 34.9 Å². The highest BCUT2D eigenvalue weighted by atomic mass is 16.6. The van der Waals surface area contributed by atoms with Gasteiger partial charge in [-0.1, -0.05) is 24.1 Å². The number of amides is 1. The maximum atomic E-state index is 13.6. The van der Waals surface area contributed by atoms with Gasteiger partial charge in [-0.25, -0.2) is 4.79 Å². The van der Waals surface area contributed by atoms with E-state index in [0.717, 1.165) is 74.4 Å². The molecule has 1 N–H and O–H groups in total. The summed E-state index contributed by atoms with van der Waals surface area (Å²) in [5.74, 6) is 0.457. The van der Waals surface area contributed by atoms with Gasteiger partial charge in [-0.15, -0.1) is 5.10 Å². The zero-order chi connectivity index (χ0) is 30.4. The number of nitrogens with one attached hydrogen (secondary N) is 1. The highest BCUT2D eigenvalue weighted by Gasteiger charge is 2.35. The van der Waals surface area contributed by atoms with Gasteiger partial charge in [0.25, 0.3) is 0 Å². The minimum absolute atomic E-state index is 0.0851. The molecular weight excluding hydrogens is 518 g/mol. The lowest BCUT2D eigenvalue weighted by Crippen LogP contribution is -2.42. The van der Waals surface area contributed by atoms with Crippen molar-refractivity contribution in [3.8, 4) is 17.1 Å². The van der Waals surface area contributed by atoms with E-state index >= 15 is 0 Å². The lowest BCUT2D eigenvalue weighted by molar-refractivity contribution is -0.140. The Morgan fingerprint density at radius 2 is 1.66 bits per heavy atom. The summed E-state index contributed by atoms with van der Waals surface area (Å²) in [6.45, 7) is 20.8. The summed E-state index contributed by atoms with van der Waals surface area (Å²) in [6.07, 6.45) is 2.14. The number of ether oxygens (including phenoxy) is 2. The fourth-order valence-electron chi connectivity index (χ4n) is 5.24. The van der Waals surface area contributed by atoms with Crippen LogP contribution in [0.4, 0.5) is 4.79 Å². The number of aromatic nitrogens is 2. The maximum absolute atomic E-state index is 13.6. The zero-order valence-corrected chi connectivity index (χ0v) is 26.7. The number of carbonyl (C=O) groups is 2. The molecule has 0 saturated carbocycles. The molecule has 0 radical (unpaired) electrons. The van der Waals surface area contributed by atoms with Gasteiger partial charge >= 0.3 is 6.09 Å². The summed E-state index contributed by atoms with van der Waals surface area (Å²) < 4.78 is 13.5. The van der Waals surface area contributed by atoms with Crippen molar-refractivity contribution in [1.82, 2.24) is 24.9 Å². The molecule has 228 valence electrons. The first kappa shape index (κ1) is 32.6. The number of rotatable bonds is 12. The number of hydrogen-bond donors (Lipinski definition) is 1. The van der Waals surface area contributed by atoms with Gasteiger partial charge in [0.15, 0.2) is 0 Å². The SMILES string of the molecule is CCN(CCNC)CCc1c(OCC(C)(C)C(=O)N2CCCC2)nn(C(=O)OC(C)(C)C)c1-c1cc(C)cc(C)c1. The minimum atomic E-state index is -0.736. The Balaban J connectivity index is 2.08. The second-order valence-corrected chi connectivity index (χ2v) is 12.9. The topological polar surface area (TPSA) is 88.9 Å². The molecule has 1 saturated heterocycles. The van der Waals surface area contributed by atoms with Crippen LogP contribution in [0.25, 0.3) is 11.3 Å². The van der Waals surface area contributed by atoms with Crippen molar-refractivity contribution in [1.29, 1.82) is 0 Å². The van der Waals surface area contributed by atoms with Crippen molar-refractivity contribution < 1.29 is 19.1 Å². The highest BCUT2D eigenvalue weighted by Crippen LogP contribution is 2.35. The van der Waals surface area contributed by atoms with Gasteiger partial charge < -0.3 is 24.6 Å². The predicted octanol–water partition coefficient (Wildman–Crippen LogP) is 5.06. The van der Waals surface area contributed by atoms with Gasteiger partial charge in [-0.05, 0) is 93.5 Å². The smallest absolute Gasteiger partial charge is 0.435 e. The van der Waals surface area contributed by atoms with Crippen LogP contribution in [0.15, 0.2) is 18.2 Å². The van der Waals surface area contributed by atoms with Crippen LogP contribution >= 0.6 is 0 Å². The second kappa shape index (κ2) is 13.8. The number of nitrogens with zero attached hydrogens (tertiary/aromatic N) is 4. The van der Waals surface area contributed by atoms with Crippen LogP contribution in [0.2, 0.25) is 0 Å². The Labute approximate surface area is 246 Å². The first-order valence-electron chi connectivity index (χ1n) is 15.0. The number of carbonyl (C=O) groups excluding carboxylic acids is 2. The molecule has 9 heteroatoms. The summed E-state index contributed by atoms with van der Waals surface area (Å²) >= 11 is 0. The van der Waals surface area contributed by atoms with E-state index in [-0.39, 0.29) is 12.5 Å². The average Bonchev–Trinajstić information content (AvgIpc) is 3.54. The van der Waals surface area contributed by atoms with E-state index in [1.54, 1.807) is 0 Å². The van der Waals surface area contributed by atoms with Crippen molar-refractivity contribution >= 4 is 12.0 Å². The van der Waals surface area contributed by atoms with Crippen LogP contribution in [-0.2, 0) is 16.0 Å². The molecule has 2 heterocycles. The Hall–Kier alpha value is -2.91. The van der Waals surface area contributed by atoms with Crippen molar-refractivity contribution in [3.63, 3.8) is 0 Å². The minimum Gasteiger partial charge on any atom is -0.475 e. The van der Waals surface area contributed by atoms with E-state index in [0.29, 0.717) is 18.0 Å². The molecule has 1 fully saturated rings. The Morgan fingerprint density at radius 1 is 1.02 bits per heavy atom. The molecule has 41 heavy (non-hydrogen) atoms. The summed E-state index contributed by atoms with van der Waals surface area (Å²) in [6, 6.07) is 6.24. The molecule has 0 bridgehead atoms. The van der Waals surface area contributed by atoms with E-state index in [1.165, 1.54) is 4.68 Å². The average molecular weight is 570 g/mol. The van der Waals surface area contributed by atoms with Crippen molar-refractivity contribution in [2.24, 2.45) is 5.41 Å². The molecule has 0 aliphatic carbocycles. The van der Waals surface area contributed by atoms with E-state index < -0.39 is 17.1 Å². The molecule has 3 rings (SSSR count). The summed E-state index contributed by atoms with van der Waals surface area (Å²) in [5.41, 5.74) is 3.15. The maximum Gasteiger partial charge on any atom is 0.435 e. The zero-order valence-electron chi connectivity index (χ0n) is 26.7. The van der Waals surface area contributed by atoms with E-state index in [1.807, 2.05) is 60.4 Å². The fraction of sp³-hybridized carbons (Fsp3) is 0.656. The number of aryl methyl sites for hydroxylation is 2. The summed E-state index contributed by atoms with van der Waals surface area (Å²) in [4.78, 5) is 31.1. The quantitative estimate of drug-likeness (QED) is 0.382. The van der Waals surface area contributed by atoms with E-state index in [9.17, 15) is 9.59 Å². The van der Waals surface area contributed by atoms with Crippen LogP contribution in [0.5, 0.6) is 5.88 Å². The first-order chi connectivity index (χ1) is 19.3. The van der Waals surface area contributed by atoms with Crippen LogP contribution in [-0.4, -0.2) is 90.1 Å². The molecule has 1 amide bonds. The summed E-state index contributed by atoms with van der Waals surface area (Å²) in [5, 5.41) is 7.94. The lowest BCUT2D eigenvalue weighted by atomic mass is 9.93. The van der Waals surface area contributed by atoms with Crippen molar-refractivity contribution in [2.45, 2.75) is 80.3 Å². The van der Waals surface area contributed by atoms with Gasteiger partial charge in [0.1, 0.15) is 12.2 Å². The largest absolute Gasteiger partial charge is 0.475 e. The number of benzene rings is 1. The monoisotopic (exact) mass is 569 g/mol. The third-order valence-corrected chi connectivity index (χ3v) is 7.35. The Morgan fingerprint density at radius 3 is 2.22 bits per heavy atom. The number of likely N-dealkylation sites (N-methyl/N-ethyl adjacent to an activating group) is 2. The first-order valence-corrected chi connectivity index (χ1v) is 15.0. The molecule has 1 aromatic heterocycles. The number of likely N-dealkylation sites (tertiary alicyclic amines) is 1. The van der Waals surface area contributed by atoms with Crippen molar-refractivity contribution in [2.75, 3.05) is 52.9 Å². The van der Waals surface area contributed by atoms with Crippen LogP contribution in [0.1, 0.15) is 71.1 Å². The normalized spacial score (nSPS) is 14.1. The van der Waals surface area contributed by atoms with E-state index in [4.69, 9.17) is 14.6 Å². The molecule has 0 spiro atoms. The van der Waals surface area contributed by atoms with Gasteiger partial charge in [-0.2, -0.15) is 4.68 Å². The molecule has 0 atom stereocenters. The Kier molecular flexibility index (Phi) is 11.0. The van der Waals surface area contributed by atoms with Gasteiger partial charge in [0.2, 0.25) is 11.8 Å². The molecule has 1 aliphatic heterocycles. The Bertz CT molecular complexity index is 1170. The lowest BCUT2D eigenvalue weighted by Gasteiger charge is -2.28. The standard InChI is InChI=1S/C32H51N5O4/c1-10-35(18-14-33-9)17-13-26-27(25-20-23(2)19-24(3)21-25)37(30(39)41-31(4,5)6)34-28(26)40-22-32(7,8)29(38)36-15-11-12-16-36/h19-21,33H,10-18,22H2,1-9H3. The molecule has 1 aliphatic rings. The van der Waals surface area contributed by atoms with Crippen LogP contribution in [0, 0.1) is 19.3 Å². The molecule has 0 unspecified atom stereocenters.